The molecule has 1 aliphatic heterocycles. The van der Waals surface area contributed by atoms with Gasteiger partial charge in [-0.15, -0.1) is 0 Å². The highest BCUT2D eigenvalue weighted by Crippen LogP contribution is 2.19. The van der Waals surface area contributed by atoms with E-state index in [9.17, 15) is 14.4 Å². The Bertz CT molecular complexity index is 1170. The first-order valence-electron chi connectivity index (χ1n) is 10.7. The molecule has 9 heteroatoms. The van der Waals surface area contributed by atoms with Crippen LogP contribution in [-0.4, -0.2) is 53.8 Å². The SMILES string of the molecule is Cc1c[nH]c(=O)n1-c1ccc(C(=O)OC(C)C(=O)Nc2ccc(N3CCOCC3)cc2)cc1. The summed E-state index contributed by atoms with van der Waals surface area (Å²) < 4.78 is 12.2. The zero-order valence-corrected chi connectivity index (χ0v) is 18.5. The van der Waals surface area contributed by atoms with E-state index in [-0.39, 0.29) is 11.3 Å². The van der Waals surface area contributed by atoms with Gasteiger partial charge in [0.25, 0.3) is 5.91 Å². The number of nitrogens with zero attached hydrogens (tertiary/aromatic N) is 2. The molecule has 1 amide bonds. The number of benzene rings is 2. The molecule has 1 atom stereocenters. The number of aromatic nitrogens is 2. The van der Waals surface area contributed by atoms with Gasteiger partial charge in [0.1, 0.15) is 0 Å². The Hall–Kier alpha value is -3.85. The lowest BCUT2D eigenvalue weighted by molar-refractivity contribution is -0.123. The summed E-state index contributed by atoms with van der Waals surface area (Å²) in [7, 11) is 0. The average molecular weight is 450 g/mol. The summed E-state index contributed by atoms with van der Waals surface area (Å²) in [5.74, 6) is -1.04. The molecule has 1 saturated heterocycles. The highest BCUT2D eigenvalue weighted by atomic mass is 16.5. The standard InChI is InChI=1S/C24H26N4O5/c1-16-15-25-24(31)28(16)21-7-3-18(4-8-21)23(30)33-17(2)22(29)26-19-5-9-20(10-6-19)27-11-13-32-14-12-27/h3-10,15,17H,11-14H2,1-2H3,(H,25,31)(H,26,29). The number of imidazole rings is 1. The predicted octanol–water partition coefficient (Wildman–Crippen LogP) is 2.49. The molecule has 0 saturated carbocycles. The van der Waals surface area contributed by atoms with Gasteiger partial charge in [-0.1, -0.05) is 0 Å². The van der Waals surface area contributed by atoms with E-state index < -0.39 is 18.0 Å². The summed E-state index contributed by atoms with van der Waals surface area (Å²) >= 11 is 0. The molecule has 3 aromatic rings. The van der Waals surface area contributed by atoms with Crippen LogP contribution in [0.25, 0.3) is 5.69 Å². The van der Waals surface area contributed by atoms with E-state index in [1.54, 1.807) is 37.4 Å². The second kappa shape index (κ2) is 9.74. The fourth-order valence-electron chi connectivity index (χ4n) is 3.63. The van der Waals surface area contributed by atoms with Crippen molar-refractivity contribution in [3.05, 3.63) is 76.5 Å². The quantitative estimate of drug-likeness (QED) is 0.559. The Labute approximate surface area is 190 Å². The third-order valence-corrected chi connectivity index (χ3v) is 5.49. The number of amides is 1. The van der Waals surface area contributed by atoms with E-state index in [4.69, 9.17) is 9.47 Å². The van der Waals surface area contributed by atoms with Gasteiger partial charge in [0, 0.05) is 36.4 Å². The predicted molar refractivity (Wildman–Crippen MR) is 124 cm³/mol. The number of aromatic amines is 1. The van der Waals surface area contributed by atoms with Gasteiger partial charge in [-0.25, -0.2) is 9.59 Å². The maximum atomic E-state index is 12.5. The molecular weight excluding hydrogens is 424 g/mol. The molecule has 0 radical (unpaired) electrons. The minimum Gasteiger partial charge on any atom is -0.449 e. The van der Waals surface area contributed by atoms with Crippen LogP contribution in [0, 0.1) is 6.92 Å². The van der Waals surface area contributed by atoms with Crippen LogP contribution in [0.5, 0.6) is 0 Å². The highest BCUT2D eigenvalue weighted by Gasteiger charge is 2.20. The number of carbonyl (C=O) groups excluding carboxylic acids is 2. The van der Waals surface area contributed by atoms with E-state index in [1.807, 2.05) is 24.3 Å². The number of nitrogens with one attached hydrogen (secondary N) is 2. The molecule has 9 nitrogen and oxygen atoms in total. The molecule has 2 N–H and O–H groups in total. The molecule has 4 rings (SSSR count). The lowest BCUT2D eigenvalue weighted by Gasteiger charge is -2.28. The lowest BCUT2D eigenvalue weighted by Crippen LogP contribution is -2.36. The fourth-order valence-corrected chi connectivity index (χ4v) is 3.63. The molecular formula is C24H26N4O5. The van der Waals surface area contributed by atoms with Crippen molar-refractivity contribution in [2.75, 3.05) is 36.5 Å². The number of carbonyl (C=O) groups is 2. The summed E-state index contributed by atoms with van der Waals surface area (Å²) in [6.45, 7) is 6.40. The molecule has 0 bridgehead atoms. The highest BCUT2D eigenvalue weighted by molar-refractivity contribution is 5.97. The van der Waals surface area contributed by atoms with Gasteiger partial charge in [-0.05, 0) is 62.4 Å². The summed E-state index contributed by atoms with van der Waals surface area (Å²) in [5.41, 5.74) is 3.09. The first-order valence-corrected chi connectivity index (χ1v) is 10.7. The third-order valence-electron chi connectivity index (χ3n) is 5.49. The van der Waals surface area contributed by atoms with Gasteiger partial charge >= 0.3 is 11.7 Å². The molecule has 1 fully saturated rings. The molecule has 172 valence electrons. The monoisotopic (exact) mass is 450 g/mol. The second-order valence-electron chi connectivity index (χ2n) is 7.80. The summed E-state index contributed by atoms with van der Waals surface area (Å²) in [6, 6.07) is 13.9. The van der Waals surface area contributed by atoms with Crippen molar-refractivity contribution in [2.45, 2.75) is 20.0 Å². The van der Waals surface area contributed by atoms with Crippen LogP contribution in [0.15, 0.2) is 59.5 Å². The Morgan fingerprint density at radius 1 is 1.03 bits per heavy atom. The molecule has 2 aromatic carbocycles. The number of morpholine rings is 1. The van der Waals surface area contributed by atoms with Gasteiger partial charge in [0.2, 0.25) is 0 Å². The Morgan fingerprint density at radius 3 is 2.27 bits per heavy atom. The van der Waals surface area contributed by atoms with Crippen molar-refractivity contribution in [3.63, 3.8) is 0 Å². The molecule has 33 heavy (non-hydrogen) atoms. The van der Waals surface area contributed by atoms with Gasteiger partial charge < -0.3 is 24.7 Å². The lowest BCUT2D eigenvalue weighted by atomic mass is 10.2. The van der Waals surface area contributed by atoms with Crippen LogP contribution in [0.3, 0.4) is 0 Å². The van der Waals surface area contributed by atoms with Crippen LogP contribution in [0.4, 0.5) is 11.4 Å². The van der Waals surface area contributed by atoms with Gasteiger partial charge in [-0.2, -0.15) is 0 Å². The molecule has 0 spiro atoms. The summed E-state index contributed by atoms with van der Waals surface area (Å²) in [5, 5.41) is 2.77. The largest absolute Gasteiger partial charge is 0.449 e. The van der Waals surface area contributed by atoms with Gasteiger partial charge in [-0.3, -0.25) is 9.36 Å². The summed E-state index contributed by atoms with van der Waals surface area (Å²) in [6.07, 6.45) is 0.631. The van der Waals surface area contributed by atoms with Crippen molar-refractivity contribution in [1.29, 1.82) is 0 Å². The minimum absolute atomic E-state index is 0.258. The minimum atomic E-state index is -0.981. The molecule has 0 aliphatic carbocycles. The third kappa shape index (κ3) is 5.15. The van der Waals surface area contributed by atoms with Crippen LogP contribution < -0.4 is 15.9 Å². The number of hydrogen-bond donors (Lipinski definition) is 2. The van der Waals surface area contributed by atoms with Gasteiger partial charge in [0.15, 0.2) is 6.10 Å². The van der Waals surface area contributed by atoms with Crippen LogP contribution >= 0.6 is 0 Å². The number of esters is 1. The zero-order chi connectivity index (χ0) is 23.4. The zero-order valence-electron chi connectivity index (χ0n) is 18.5. The topological polar surface area (TPSA) is 106 Å². The van der Waals surface area contributed by atoms with E-state index in [0.717, 1.165) is 24.5 Å². The van der Waals surface area contributed by atoms with Crippen molar-refractivity contribution < 1.29 is 19.1 Å². The maximum Gasteiger partial charge on any atom is 0.338 e. The maximum absolute atomic E-state index is 12.5. The summed E-state index contributed by atoms with van der Waals surface area (Å²) in [4.78, 5) is 41.7. The number of H-pyrrole nitrogens is 1. The molecule has 1 unspecified atom stereocenters. The van der Waals surface area contributed by atoms with Gasteiger partial charge in [0.05, 0.1) is 24.5 Å². The van der Waals surface area contributed by atoms with Crippen molar-refractivity contribution in [3.8, 4) is 5.69 Å². The average Bonchev–Trinajstić information content (AvgIpc) is 3.18. The number of rotatable bonds is 6. The van der Waals surface area contributed by atoms with E-state index in [1.165, 1.54) is 11.5 Å². The number of anilines is 2. The number of hydrogen-bond acceptors (Lipinski definition) is 6. The fraction of sp³-hybridized carbons (Fsp3) is 0.292. The van der Waals surface area contributed by atoms with Crippen molar-refractivity contribution in [2.24, 2.45) is 0 Å². The van der Waals surface area contributed by atoms with Crippen LogP contribution in [-0.2, 0) is 14.3 Å². The van der Waals surface area contributed by atoms with E-state index in [0.29, 0.717) is 24.6 Å². The Morgan fingerprint density at radius 2 is 1.67 bits per heavy atom. The Balaban J connectivity index is 1.33. The number of ether oxygens (including phenoxy) is 2. The number of aryl methyl sites for hydroxylation is 1. The van der Waals surface area contributed by atoms with Crippen molar-refractivity contribution >= 4 is 23.3 Å². The van der Waals surface area contributed by atoms with Crippen LogP contribution in [0.1, 0.15) is 23.0 Å². The van der Waals surface area contributed by atoms with E-state index in [2.05, 4.69) is 15.2 Å². The van der Waals surface area contributed by atoms with E-state index >= 15 is 0 Å². The second-order valence-corrected chi connectivity index (χ2v) is 7.80. The molecule has 1 aromatic heterocycles. The van der Waals surface area contributed by atoms with Crippen LogP contribution in [0.2, 0.25) is 0 Å². The molecule has 2 heterocycles. The normalized spacial score (nSPS) is 14.5. The van der Waals surface area contributed by atoms with Crippen molar-refractivity contribution in [1.82, 2.24) is 9.55 Å². The smallest absolute Gasteiger partial charge is 0.338 e. The first-order chi connectivity index (χ1) is 15.9. The molecule has 1 aliphatic rings. The first kappa shape index (κ1) is 22.3. The Kier molecular flexibility index (Phi) is 6.60.